The Morgan fingerprint density at radius 3 is 2.94 bits per heavy atom. The van der Waals surface area contributed by atoms with Gasteiger partial charge in [-0.05, 0) is 25.1 Å². The molecular formula is C12H14N4O. The molecule has 88 valence electrons. The van der Waals surface area contributed by atoms with Crippen LogP contribution in [0.2, 0.25) is 0 Å². The van der Waals surface area contributed by atoms with Gasteiger partial charge in [0.1, 0.15) is 0 Å². The van der Waals surface area contributed by atoms with Gasteiger partial charge in [-0.1, -0.05) is 12.1 Å². The van der Waals surface area contributed by atoms with Gasteiger partial charge >= 0.3 is 0 Å². The highest BCUT2D eigenvalue weighted by molar-refractivity contribution is 5.94. The minimum absolute atomic E-state index is 0.202. The van der Waals surface area contributed by atoms with Crippen molar-refractivity contribution in [3.8, 4) is 11.3 Å². The van der Waals surface area contributed by atoms with Crippen LogP contribution in [0.1, 0.15) is 6.92 Å². The van der Waals surface area contributed by atoms with E-state index in [1.54, 1.807) is 13.1 Å². The van der Waals surface area contributed by atoms with Gasteiger partial charge in [-0.2, -0.15) is 5.10 Å². The van der Waals surface area contributed by atoms with E-state index in [0.29, 0.717) is 0 Å². The largest absolute Gasteiger partial charge is 0.325 e. The van der Waals surface area contributed by atoms with Crippen molar-refractivity contribution in [1.29, 1.82) is 0 Å². The van der Waals surface area contributed by atoms with Crippen LogP contribution in [0.25, 0.3) is 11.3 Å². The van der Waals surface area contributed by atoms with E-state index in [0.717, 1.165) is 16.9 Å². The number of amides is 1. The summed E-state index contributed by atoms with van der Waals surface area (Å²) in [4.78, 5) is 11.5. The average Bonchev–Trinajstić information content (AvgIpc) is 2.82. The highest BCUT2D eigenvalue weighted by Crippen LogP contribution is 2.20. The second-order valence-electron chi connectivity index (χ2n) is 3.83. The number of benzene rings is 1. The number of nitrogens with zero attached hydrogens (tertiary/aromatic N) is 1. The maximum absolute atomic E-state index is 11.5. The van der Waals surface area contributed by atoms with Crippen LogP contribution in [0.3, 0.4) is 0 Å². The zero-order valence-electron chi connectivity index (χ0n) is 9.47. The van der Waals surface area contributed by atoms with Gasteiger partial charge in [-0.3, -0.25) is 9.89 Å². The zero-order chi connectivity index (χ0) is 12.3. The molecule has 17 heavy (non-hydrogen) atoms. The number of H-pyrrole nitrogens is 1. The zero-order valence-corrected chi connectivity index (χ0v) is 9.47. The van der Waals surface area contributed by atoms with Crippen LogP contribution in [0.5, 0.6) is 0 Å². The molecule has 1 amide bonds. The van der Waals surface area contributed by atoms with Crippen LogP contribution in [0.15, 0.2) is 36.5 Å². The third-order valence-corrected chi connectivity index (χ3v) is 2.36. The summed E-state index contributed by atoms with van der Waals surface area (Å²) in [7, 11) is 0. The van der Waals surface area contributed by atoms with E-state index in [2.05, 4.69) is 15.5 Å². The number of hydrogen-bond donors (Lipinski definition) is 3. The van der Waals surface area contributed by atoms with Crippen molar-refractivity contribution in [1.82, 2.24) is 10.2 Å². The van der Waals surface area contributed by atoms with Crippen LogP contribution in [-0.4, -0.2) is 22.1 Å². The summed E-state index contributed by atoms with van der Waals surface area (Å²) >= 11 is 0. The number of nitrogens with one attached hydrogen (secondary N) is 2. The molecule has 1 heterocycles. The third-order valence-electron chi connectivity index (χ3n) is 2.36. The summed E-state index contributed by atoms with van der Waals surface area (Å²) in [5.74, 6) is -0.202. The van der Waals surface area contributed by atoms with Crippen molar-refractivity contribution in [3.63, 3.8) is 0 Å². The molecule has 4 N–H and O–H groups in total. The molecule has 0 spiro atoms. The first-order chi connectivity index (χ1) is 8.16. The first kappa shape index (κ1) is 11.3. The first-order valence-corrected chi connectivity index (χ1v) is 5.33. The van der Waals surface area contributed by atoms with Gasteiger partial charge in [0, 0.05) is 17.4 Å². The molecule has 0 aliphatic heterocycles. The molecule has 1 aromatic carbocycles. The number of rotatable bonds is 3. The lowest BCUT2D eigenvalue weighted by molar-refractivity contribution is -0.117. The third kappa shape index (κ3) is 2.70. The lowest BCUT2D eigenvalue weighted by Gasteiger charge is -2.08. The number of hydrogen-bond acceptors (Lipinski definition) is 3. The molecule has 0 saturated carbocycles. The smallest absolute Gasteiger partial charge is 0.240 e. The van der Waals surface area contributed by atoms with Gasteiger partial charge in [0.15, 0.2) is 0 Å². The Bertz CT molecular complexity index is 505. The van der Waals surface area contributed by atoms with E-state index in [4.69, 9.17) is 5.73 Å². The molecule has 0 bridgehead atoms. The van der Waals surface area contributed by atoms with Crippen molar-refractivity contribution in [2.75, 3.05) is 5.32 Å². The molecule has 0 fully saturated rings. The first-order valence-electron chi connectivity index (χ1n) is 5.33. The fraction of sp³-hybridized carbons (Fsp3) is 0.167. The van der Waals surface area contributed by atoms with Gasteiger partial charge in [-0.25, -0.2) is 0 Å². The second kappa shape index (κ2) is 4.80. The Hall–Kier alpha value is -2.14. The molecule has 2 rings (SSSR count). The van der Waals surface area contributed by atoms with Crippen LogP contribution < -0.4 is 11.1 Å². The maximum atomic E-state index is 11.5. The monoisotopic (exact) mass is 230 g/mol. The van der Waals surface area contributed by atoms with Gasteiger partial charge in [-0.15, -0.1) is 0 Å². The molecule has 5 heteroatoms. The Labute approximate surface area is 99.0 Å². The van der Waals surface area contributed by atoms with E-state index in [-0.39, 0.29) is 5.91 Å². The molecule has 2 aromatic rings. The number of anilines is 1. The van der Waals surface area contributed by atoms with Crippen LogP contribution >= 0.6 is 0 Å². The van der Waals surface area contributed by atoms with Crippen LogP contribution in [0, 0.1) is 0 Å². The Balaban J connectivity index is 2.20. The Morgan fingerprint density at radius 1 is 1.47 bits per heavy atom. The molecule has 1 unspecified atom stereocenters. The fourth-order valence-corrected chi connectivity index (χ4v) is 1.44. The Kier molecular flexibility index (Phi) is 3.20. The summed E-state index contributed by atoms with van der Waals surface area (Å²) in [5, 5.41) is 9.50. The lowest BCUT2D eigenvalue weighted by atomic mass is 10.1. The Morgan fingerprint density at radius 2 is 2.29 bits per heavy atom. The second-order valence-corrected chi connectivity index (χ2v) is 3.83. The van der Waals surface area contributed by atoms with Gasteiger partial charge in [0.05, 0.1) is 11.7 Å². The van der Waals surface area contributed by atoms with E-state index >= 15 is 0 Å². The summed E-state index contributed by atoms with van der Waals surface area (Å²) in [5.41, 5.74) is 8.08. The summed E-state index contributed by atoms with van der Waals surface area (Å²) in [6.07, 6.45) is 1.68. The van der Waals surface area contributed by atoms with E-state index in [1.807, 2.05) is 30.3 Å². The SMILES string of the molecule is CC(N)C(=O)Nc1cccc(-c2ccn[nH]2)c1. The quantitative estimate of drug-likeness (QED) is 0.744. The van der Waals surface area contributed by atoms with Gasteiger partial charge in [0.25, 0.3) is 0 Å². The highest BCUT2D eigenvalue weighted by atomic mass is 16.2. The van der Waals surface area contributed by atoms with E-state index in [9.17, 15) is 4.79 Å². The average molecular weight is 230 g/mol. The molecule has 0 radical (unpaired) electrons. The summed E-state index contributed by atoms with van der Waals surface area (Å²) < 4.78 is 0. The normalized spacial score (nSPS) is 12.1. The van der Waals surface area contributed by atoms with E-state index < -0.39 is 6.04 Å². The van der Waals surface area contributed by atoms with Gasteiger partial charge < -0.3 is 11.1 Å². The fourth-order valence-electron chi connectivity index (χ4n) is 1.44. The number of nitrogens with two attached hydrogens (primary N) is 1. The molecule has 0 saturated heterocycles. The topological polar surface area (TPSA) is 83.8 Å². The van der Waals surface area contributed by atoms with Crippen molar-refractivity contribution in [3.05, 3.63) is 36.5 Å². The lowest BCUT2D eigenvalue weighted by Crippen LogP contribution is -2.32. The predicted molar refractivity (Wildman–Crippen MR) is 66.3 cm³/mol. The number of aromatic nitrogens is 2. The van der Waals surface area contributed by atoms with Crippen molar-refractivity contribution >= 4 is 11.6 Å². The maximum Gasteiger partial charge on any atom is 0.240 e. The molecule has 0 aliphatic rings. The summed E-state index contributed by atoms with van der Waals surface area (Å²) in [6, 6.07) is 8.84. The molecule has 1 atom stereocenters. The van der Waals surface area contributed by atoms with Crippen LogP contribution in [0.4, 0.5) is 5.69 Å². The number of carbonyl (C=O) groups excluding carboxylic acids is 1. The van der Waals surface area contributed by atoms with E-state index in [1.165, 1.54) is 0 Å². The molecular weight excluding hydrogens is 216 g/mol. The predicted octanol–water partition coefficient (Wildman–Crippen LogP) is 1.36. The van der Waals surface area contributed by atoms with Crippen molar-refractivity contribution < 1.29 is 4.79 Å². The highest BCUT2D eigenvalue weighted by Gasteiger charge is 2.08. The number of aromatic amines is 1. The molecule has 0 aliphatic carbocycles. The minimum Gasteiger partial charge on any atom is -0.325 e. The molecule has 1 aromatic heterocycles. The standard InChI is InChI=1S/C12H14N4O/c1-8(13)12(17)15-10-4-2-3-9(7-10)11-5-6-14-16-11/h2-8H,13H2,1H3,(H,14,16)(H,15,17). The van der Waals surface area contributed by atoms with Crippen molar-refractivity contribution in [2.45, 2.75) is 13.0 Å². The van der Waals surface area contributed by atoms with Crippen molar-refractivity contribution in [2.24, 2.45) is 5.73 Å². The minimum atomic E-state index is -0.522. The van der Waals surface area contributed by atoms with Crippen LogP contribution in [-0.2, 0) is 4.79 Å². The molecule has 5 nitrogen and oxygen atoms in total. The van der Waals surface area contributed by atoms with Gasteiger partial charge in [0.2, 0.25) is 5.91 Å². The summed E-state index contributed by atoms with van der Waals surface area (Å²) in [6.45, 7) is 1.65. The number of carbonyl (C=O) groups is 1.